The van der Waals surface area contributed by atoms with Gasteiger partial charge in [0.2, 0.25) is 0 Å². The Bertz CT molecular complexity index is 1010. The molecule has 26 heavy (non-hydrogen) atoms. The molecule has 2 aromatic rings. The number of halogens is 1. The number of nitrogens with one attached hydrogen (secondary N) is 2. The largest absolute Gasteiger partial charge is 0.372 e. The fraction of sp³-hybridized carbons (Fsp3) is 0.167. The second-order valence-corrected chi connectivity index (χ2v) is 5.97. The lowest BCUT2D eigenvalue weighted by molar-refractivity contribution is 0.274. The molecular weight excluding hydrogens is 333 g/mol. The molecule has 7 nitrogen and oxygen atoms in total. The minimum atomic E-state index is -0.553. The van der Waals surface area contributed by atoms with E-state index >= 15 is 0 Å². The Kier molecular flexibility index (Phi) is 3.78. The van der Waals surface area contributed by atoms with Crippen molar-refractivity contribution in [3.8, 4) is 17.3 Å². The summed E-state index contributed by atoms with van der Waals surface area (Å²) in [6.07, 6.45) is 5.89. The molecular formula is C18H16FN7. The number of hydrazine groups is 1. The SMILES string of the molecule is CNc1cc(-c2ccc(C#N)c(F)c2)n(C2=CC3=NN(C)NC3C=C2)n1. The molecule has 0 radical (unpaired) electrons. The molecule has 1 aromatic carbocycles. The second-order valence-electron chi connectivity index (χ2n) is 5.97. The fourth-order valence-corrected chi connectivity index (χ4v) is 2.99. The Morgan fingerprint density at radius 2 is 2.19 bits per heavy atom. The molecule has 1 aromatic heterocycles. The summed E-state index contributed by atoms with van der Waals surface area (Å²) in [5, 5.41) is 22.6. The molecule has 8 heteroatoms. The topological polar surface area (TPSA) is 81.3 Å². The van der Waals surface area contributed by atoms with Crippen LogP contribution in [0.4, 0.5) is 10.2 Å². The monoisotopic (exact) mass is 349 g/mol. The van der Waals surface area contributed by atoms with Crippen molar-refractivity contribution in [2.45, 2.75) is 6.04 Å². The van der Waals surface area contributed by atoms with E-state index in [1.165, 1.54) is 12.1 Å². The van der Waals surface area contributed by atoms with Crippen molar-refractivity contribution >= 4 is 17.2 Å². The highest BCUT2D eigenvalue weighted by Gasteiger charge is 2.24. The van der Waals surface area contributed by atoms with E-state index in [9.17, 15) is 4.39 Å². The van der Waals surface area contributed by atoms with E-state index in [1.807, 2.05) is 37.4 Å². The normalized spacial score (nSPS) is 18.2. The van der Waals surface area contributed by atoms with Gasteiger partial charge in [-0.15, -0.1) is 5.10 Å². The zero-order chi connectivity index (χ0) is 18.3. The number of aromatic nitrogens is 2. The van der Waals surface area contributed by atoms with Gasteiger partial charge < -0.3 is 5.32 Å². The summed E-state index contributed by atoms with van der Waals surface area (Å²) in [4.78, 5) is 0. The summed E-state index contributed by atoms with van der Waals surface area (Å²) in [5.41, 5.74) is 6.25. The van der Waals surface area contributed by atoms with E-state index < -0.39 is 5.82 Å². The molecule has 0 bridgehead atoms. The first-order valence-electron chi connectivity index (χ1n) is 8.05. The van der Waals surface area contributed by atoms with Gasteiger partial charge in [-0.25, -0.2) is 19.6 Å². The quantitative estimate of drug-likeness (QED) is 0.888. The van der Waals surface area contributed by atoms with Crippen LogP contribution in [0.25, 0.3) is 17.0 Å². The van der Waals surface area contributed by atoms with Crippen molar-refractivity contribution in [1.29, 1.82) is 5.26 Å². The van der Waals surface area contributed by atoms with Gasteiger partial charge in [-0.2, -0.15) is 10.4 Å². The molecule has 1 atom stereocenters. The maximum absolute atomic E-state index is 14.1. The maximum Gasteiger partial charge on any atom is 0.148 e. The van der Waals surface area contributed by atoms with Gasteiger partial charge in [0.25, 0.3) is 0 Å². The summed E-state index contributed by atoms with van der Waals surface area (Å²) < 4.78 is 15.8. The summed E-state index contributed by atoms with van der Waals surface area (Å²) in [6.45, 7) is 0. The first-order valence-corrected chi connectivity index (χ1v) is 8.05. The Balaban J connectivity index is 1.81. The molecule has 1 unspecified atom stereocenters. The zero-order valence-corrected chi connectivity index (χ0v) is 14.2. The Hall–Kier alpha value is -3.44. The molecule has 2 N–H and O–H groups in total. The third-order valence-corrected chi connectivity index (χ3v) is 4.26. The van der Waals surface area contributed by atoms with Gasteiger partial charge in [-0.1, -0.05) is 12.1 Å². The number of hydrazone groups is 1. The van der Waals surface area contributed by atoms with Crippen LogP contribution in [0.5, 0.6) is 0 Å². The van der Waals surface area contributed by atoms with Gasteiger partial charge >= 0.3 is 0 Å². The molecule has 2 heterocycles. The predicted octanol–water partition coefficient (Wildman–Crippen LogP) is 2.19. The molecule has 0 amide bonds. The van der Waals surface area contributed by atoms with Crippen LogP contribution in [0, 0.1) is 17.1 Å². The number of anilines is 1. The van der Waals surface area contributed by atoms with Crippen molar-refractivity contribution in [3.05, 3.63) is 53.9 Å². The highest BCUT2D eigenvalue weighted by atomic mass is 19.1. The van der Waals surface area contributed by atoms with Crippen LogP contribution >= 0.6 is 0 Å². The average molecular weight is 349 g/mol. The lowest BCUT2D eigenvalue weighted by atomic mass is 10.0. The zero-order valence-electron chi connectivity index (χ0n) is 14.2. The molecule has 0 spiro atoms. The molecule has 2 aliphatic rings. The Morgan fingerprint density at radius 1 is 1.35 bits per heavy atom. The maximum atomic E-state index is 14.1. The van der Waals surface area contributed by atoms with Crippen LogP contribution in [0.15, 0.2) is 47.6 Å². The number of nitriles is 1. The van der Waals surface area contributed by atoms with Crippen molar-refractivity contribution in [3.63, 3.8) is 0 Å². The van der Waals surface area contributed by atoms with Gasteiger partial charge in [0, 0.05) is 25.7 Å². The number of hydrogen-bond donors (Lipinski definition) is 2. The van der Waals surface area contributed by atoms with Crippen LogP contribution in [0.2, 0.25) is 0 Å². The Labute approximate surface area is 149 Å². The van der Waals surface area contributed by atoms with Crippen LogP contribution in [0.1, 0.15) is 5.56 Å². The molecule has 0 saturated carbocycles. The molecule has 1 aliphatic carbocycles. The Morgan fingerprint density at radius 3 is 2.92 bits per heavy atom. The number of hydrogen-bond acceptors (Lipinski definition) is 6. The summed E-state index contributed by atoms with van der Waals surface area (Å²) in [5.74, 6) is 0.104. The van der Waals surface area contributed by atoms with Gasteiger partial charge in [-0.3, -0.25) is 0 Å². The average Bonchev–Trinajstić information content (AvgIpc) is 3.23. The first-order chi connectivity index (χ1) is 12.6. The van der Waals surface area contributed by atoms with Crippen molar-refractivity contribution < 1.29 is 4.39 Å². The summed E-state index contributed by atoms with van der Waals surface area (Å²) in [6, 6.07) is 8.25. The van der Waals surface area contributed by atoms with E-state index in [0.29, 0.717) is 17.1 Å². The number of rotatable bonds is 3. The number of benzene rings is 1. The molecule has 4 rings (SSSR count). The number of fused-ring (bicyclic) bond motifs is 1. The van der Waals surface area contributed by atoms with E-state index in [-0.39, 0.29) is 11.6 Å². The van der Waals surface area contributed by atoms with Crippen LogP contribution < -0.4 is 10.7 Å². The van der Waals surface area contributed by atoms with E-state index in [1.54, 1.807) is 22.9 Å². The third-order valence-electron chi connectivity index (χ3n) is 4.26. The van der Waals surface area contributed by atoms with Crippen LogP contribution in [0.3, 0.4) is 0 Å². The minimum Gasteiger partial charge on any atom is -0.372 e. The lowest BCUT2D eigenvalue weighted by Crippen LogP contribution is -2.35. The van der Waals surface area contributed by atoms with Gasteiger partial charge in [-0.05, 0) is 24.3 Å². The second kappa shape index (κ2) is 6.13. The third kappa shape index (κ3) is 2.64. The summed E-state index contributed by atoms with van der Waals surface area (Å²) >= 11 is 0. The van der Waals surface area contributed by atoms with Crippen molar-refractivity contribution in [2.75, 3.05) is 19.4 Å². The first kappa shape index (κ1) is 16.1. The lowest BCUT2D eigenvalue weighted by Gasteiger charge is -2.15. The van der Waals surface area contributed by atoms with E-state index in [4.69, 9.17) is 5.26 Å². The number of allylic oxidation sites excluding steroid dienone is 2. The van der Waals surface area contributed by atoms with Gasteiger partial charge in [0.15, 0.2) is 0 Å². The summed E-state index contributed by atoms with van der Waals surface area (Å²) in [7, 11) is 3.61. The highest BCUT2D eigenvalue weighted by molar-refractivity contribution is 6.07. The van der Waals surface area contributed by atoms with Gasteiger partial charge in [0.1, 0.15) is 17.7 Å². The number of nitrogens with zero attached hydrogens (tertiary/aromatic N) is 5. The molecule has 0 fully saturated rings. The van der Waals surface area contributed by atoms with Crippen molar-refractivity contribution in [1.82, 2.24) is 20.3 Å². The molecule has 1 aliphatic heterocycles. The van der Waals surface area contributed by atoms with E-state index in [2.05, 4.69) is 20.9 Å². The predicted molar refractivity (Wildman–Crippen MR) is 97.4 cm³/mol. The molecule has 0 saturated heterocycles. The molecule has 130 valence electrons. The van der Waals surface area contributed by atoms with E-state index in [0.717, 1.165) is 11.4 Å². The minimum absolute atomic E-state index is 0.0164. The van der Waals surface area contributed by atoms with Crippen LogP contribution in [-0.2, 0) is 0 Å². The standard InChI is InChI=1S/C18H16FN7/c1-21-18-9-17(11-3-4-12(10-20)14(19)7-11)26(24-18)13-5-6-15-16(8-13)23-25(2)22-15/h3-9,15,22H,1-2H3,(H,21,24). The van der Waals surface area contributed by atoms with Crippen molar-refractivity contribution in [2.24, 2.45) is 5.10 Å². The fourth-order valence-electron chi connectivity index (χ4n) is 2.99. The van der Waals surface area contributed by atoms with Crippen LogP contribution in [-0.4, -0.2) is 40.7 Å². The van der Waals surface area contributed by atoms with Gasteiger partial charge in [0.05, 0.1) is 28.7 Å². The highest BCUT2D eigenvalue weighted by Crippen LogP contribution is 2.29. The smallest absolute Gasteiger partial charge is 0.148 e.